The Balaban J connectivity index is 1.44. The summed E-state index contributed by atoms with van der Waals surface area (Å²) in [5.74, 6) is 0.701. The van der Waals surface area contributed by atoms with Gasteiger partial charge >= 0.3 is 6.03 Å². The lowest BCUT2D eigenvalue weighted by Gasteiger charge is -2.31. The summed E-state index contributed by atoms with van der Waals surface area (Å²) >= 11 is 1.49. The minimum atomic E-state index is -0.149. The number of nitrogens with zero attached hydrogens (tertiary/aromatic N) is 1. The van der Waals surface area contributed by atoms with Gasteiger partial charge in [0.05, 0.1) is 18.0 Å². The highest BCUT2D eigenvalue weighted by Gasteiger charge is 2.28. The van der Waals surface area contributed by atoms with Crippen LogP contribution < -0.4 is 15.4 Å². The van der Waals surface area contributed by atoms with Crippen molar-refractivity contribution in [1.82, 2.24) is 10.2 Å². The Morgan fingerprint density at radius 1 is 1.26 bits per heavy atom. The number of nitrogens with one attached hydrogen (secondary N) is 2. The van der Waals surface area contributed by atoms with Gasteiger partial charge in [0.1, 0.15) is 5.75 Å². The van der Waals surface area contributed by atoms with Crippen molar-refractivity contribution in [3.63, 3.8) is 0 Å². The first-order chi connectivity index (χ1) is 13.2. The number of carbonyl (C=O) groups is 2. The zero-order valence-electron chi connectivity index (χ0n) is 15.4. The van der Waals surface area contributed by atoms with Crippen LogP contribution in [0.15, 0.2) is 41.8 Å². The zero-order chi connectivity index (χ0) is 19.1. The van der Waals surface area contributed by atoms with Crippen LogP contribution >= 0.6 is 11.3 Å². The van der Waals surface area contributed by atoms with Gasteiger partial charge in [-0.1, -0.05) is 12.1 Å². The molecule has 144 valence electrons. The predicted molar refractivity (Wildman–Crippen MR) is 107 cm³/mol. The number of thiophene rings is 1. The maximum absolute atomic E-state index is 12.5. The molecule has 27 heavy (non-hydrogen) atoms. The molecule has 1 saturated heterocycles. The number of urea groups is 1. The Bertz CT molecular complexity index is 746. The van der Waals surface area contributed by atoms with Gasteiger partial charge in [0.15, 0.2) is 0 Å². The third kappa shape index (κ3) is 5.47. The molecule has 0 radical (unpaired) electrons. The van der Waals surface area contributed by atoms with Crippen LogP contribution in [0.3, 0.4) is 0 Å². The van der Waals surface area contributed by atoms with Gasteiger partial charge in [-0.05, 0) is 54.5 Å². The second kappa shape index (κ2) is 9.41. The second-order valence-electron chi connectivity index (χ2n) is 6.58. The van der Waals surface area contributed by atoms with Crippen LogP contribution in [-0.2, 0) is 11.2 Å². The largest absolute Gasteiger partial charge is 0.497 e. The van der Waals surface area contributed by atoms with Crippen LogP contribution in [-0.4, -0.2) is 43.6 Å². The Morgan fingerprint density at radius 3 is 2.78 bits per heavy atom. The molecule has 1 aromatic heterocycles. The highest BCUT2D eigenvalue weighted by atomic mass is 32.1. The lowest BCUT2D eigenvalue weighted by atomic mass is 9.97. The van der Waals surface area contributed by atoms with E-state index in [1.54, 1.807) is 12.0 Å². The van der Waals surface area contributed by atoms with Gasteiger partial charge in [-0.15, -0.1) is 11.3 Å². The summed E-state index contributed by atoms with van der Waals surface area (Å²) in [6.07, 6.45) is 2.43. The molecule has 0 aliphatic carbocycles. The maximum atomic E-state index is 12.5. The fourth-order valence-corrected chi connectivity index (χ4v) is 3.78. The highest BCUT2D eigenvalue weighted by Crippen LogP contribution is 2.20. The number of ether oxygens (including phenoxy) is 1. The van der Waals surface area contributed by atoms with Gasteiger partial charge in [0, 0.05) is 19.6 Å². The van der Waals surface area contributed by atoms with E-state index in [1.165, 1.54) is 11.3 Å². The topological polar surface area (TPSA) is 70.7 Å². The van der Waals surface area contributed by atoms with Crippen molar-refractivity contribution in [3.8, 4) is 5.75 Å². The molecule has 0 bridgehead atoms. The van der Waals surface area contributed by atoms with Crippen LogP contribution in [0.1, 0.15) is 18.4 Å². The number of carbonyl (C=O) groups excluding carboxylic acids is 2. The first kappa shape index (κ1) is 19.2. The van der Waals surface area contributed by atoms with Crippen molar-refractivity contribution in [2.75, 3.05) is 32.1 Å². The summed E-state index contributed by atoms with van der Waals surface area (Å²) in [7, 11) is 1.64. The maximum Gasteiger partial charge on any atom is 0.322 e. The van der Waals surface area contributed by atoms with Crippen molar-refractivity contribution in [2.24, 2.45) is 5.92 Å². The number of likely N-dealkylation sites (tertiary alicyclic amines) is 1. The summed E-state index contributed by atoms with van der Waals surface area (Å²) in [5, 5.41) is 8.64. The Morgan fingerprint density at radius 2 is 2.07 bits per heavy atom. The summed E-state index contributed by atoms with van der Waals surface area (Å²) in [6.45, 7) is 1.74. The molecule has 0 spiro atoms. The molecule has 1 fully saturated rings. The Labute approximate surface area is 163 Å². The standard InChI is InChI=1S/C20H25N3O3S/c1-26-17-8-6-15(7-9-17)10-11-21-19(24)16-4-2-12-23(14-16)20(25)22-18-5-3-13-27-18/h3,5-9,13,16H,2,4,10-12,14H2,1H3,(H,21,24)(H,22,25). The van der Waals surface area contributed by atoms with E-state index >= 15 is 0 Å². The number of hydrogen-bond donors (Lipinski definition) is 2. The Hall–Kier alpha value is -2.54. The molecule has 1 atom stereocenters. The lowest BCUT2D eigenvalue weighted by Crippen LogP contribution is -2.47. The summed E-state index contributed by atoms with van der Waals surface area (Å²) in [4.78, 5) is 26.6. The highest BCUT2D eigenvalue weighted by molar-refractivity contribution is 7.14. The molecule has 2 N–H and O–H groups in total. The van der Waals surface area contributed by atoms with E-state index in [1.807, 2.05) is 41.8 Å². The van der Waals surface area contributed by atoms with Crippen LogP contribution in [0.25, 0.3) is 0 Å². The fourth-order valence-electron chi connectivity index (χ4n) is 3.18. The van der Waals surface area contributed by atoms with Gasteiger partial charge < -0.3 is 15.0 Å². The summed E-state index contributed by atoms with van der Waals surface area (Å²) in [6, 6.07) is 11.5. The average molecular weight is 388 g/mol. The van der Waals surface area contributed by atoms with Crippen LogP contribution in [0.2, 0.25) is 0 Å². The molecule has 7 heteroatoms. The minimum absolute atomic E-state index is 0.0251. The van der Waals surface area contributed by atoms with Crippen molar-refractivity contribution in [2.45, 2.75) is 19.3 Å². The first-order valence-electron chi connectivity index (χ1n) is 9.16. The van der Waals surface area contributed by atoms with Gasteiger partial charge in [-0.25, -0.2) is 4.79 Å². The number of anilines is 1. The van der Waals surface area contributed by atoms with Crippen molar-refractivity contribution in [3.05, 3.63) is 47.3 Å². The Kier molecular flexibility index (Phi) is 6.70. The van der Waals surface area contributed by atoms with E-state index in [2.05, 4.69) is 10.6 Å². The van der Waals surface area contributed by atoms with Gasteiger partial charge in [0.2, 0.25) is 5.91 Å². The smallest absolute Gasteiger partial charge is 0.322 e. The summed E-state index contributed by atoms with van der Waals surface area (Å²) < 4.78 is 5.15. The van der Waals surface area contributed by atoms with Gasteiger partial charge in [-0.3, -0.25) is 10.1 Å². The van der Waals surface area contributed by atoms with E-state index in [4.69, 9.17) is 4.74 Å². The molecule has 6 nitrogen and oxygen atoms in total. The van der Waals surface area contributed by atoms with E-state index < -0.39 is 0 Å². The monoisotopic (exact) mass is 387 g/mol. The third-order valence-electron chi connectivity index (χ3n) is 4.70. The van der Waals surface area contributed by atoms with E-state index in [-0.39, 0.29) is 17.9 Å². The fraction of sp³-hybridized carbons (Fsp3) is 0.400. The van der Waals surface area contributed by atoms with E-state index in [0.29, 0.717) is 19.6 Å². The number of amides is 3. The molecule has 1 aromatic carbocycles. The molecular weight excluding hydrogens is 362 g/mol. The van der Waals surface area contributed by atoms with Gasteiger partial charge in [-0.2, -0.15) is 0 Å². The molecule has 2 aromatic rings. The molecule has 1 aliphatic rings. The number of methoxy groups -OCH3 is 1. The molecule has 2 heterocycles. The van der Waals surface area contributed by atoms with Crippen molar-refractivity contribution < 1.29 is 14.3 Å². The zero-order valence-corrected chi connectivity index (χ0v) is 16.3. The molecular formula is C20H25N3O3S. The quantitative estimate of drug-likeness (QED) is 0.798. The molecule has 3 rings (SSSR count). The van der Waals surface area contributed by atoms with E-state index in [9.17, 15) is 9.59 Å². The molecule has 1 aliphatic heterocycles. The van der Waals surface area contributed by atoms with Gasteiger partial charge in [0.25, 0.3) is 0 Å². The number of piperidine rings is 1. The predicted octanol–water partition coefficient (Wildman–Crippen LogP) is 3.36. The summed E-state index contributed by atoms with van der Waals surface area (Å²) in [5.41, 5.74) is 1.15. The van der Waals surface area contributed by atoms with Crippen LogP contribution in [0, 0.1) is 5.92 Å². The van der Waals surface area contributed by atoms with Crippen LogP contribution in [0.4, 0.5) is 9.80 Å². The number of rotatable bonds is 6. The normalized spacial score (nSPS) is 16.6. The van der Waals surface area contributed by atoms with Crippen LogP contribution in [0.5, 0.6) is 5.75 Å². The molecule has 0 saturated carbocycles. The second-order valence-corrected chi connectivity index (χ2v) is 7.53. The average Bonchev–Trinajstić information content (AvgIpc) is 3.21. The first-order valence-corrected chi connectivity index (χ1v) is 10.0. The molecule has 1 unspecified atom stereocenters. The molecule has 3 amide bonds. The number of hydrogen-bond acceptors (Lipinski definition) is 4. The third-order valence-corrected chi connectivity index (χ3v) is 5.49. The SMILES string of the molecule is COc1ccc(CCNC(=O)C2CCCN(C(=O)Nc3cccs3)C2)cc1. The van der Waals surface area contributed by atoms with Crippen molar-refractivity contribution >= 4 is 28.3 Å². The minimum Gasteiger partial charge on any atom is -0.497 e. The number of benzene rings is 1. The van der Waals surface area contributed by atoms with E-state index in [0.717, 1.165) is 35.6 Å². The van der Waals surface area contributed by atoms with Crippen molar-refractivity contribution in [1.29, 1.82) is 0 Å². The lowest BCUT2D eigenvalue weighted by molar-refractivity contribution is -0.126.